The van der Waals surface area contributed by atoms with E-state index in [0.29, 0.717) is 17.3 Å². The van der Waals surface area contributed by atoms with Crippen LogP contribution in [-0.4, -0.2) is 23.2 Å². The summed E-state index contributed by atoms with van der Waals surface area (Å²) in [5.41, 5.74) is 2.46. The van der Waals surface area contributed by atoms with Gasteiger partial charge in [-0.05, 0) is 36.8 Å². The first-order valence-corrected chi connectivity index (χ1v) is 8.45. The van der Waals surface area contributed by atoms with Gasteiger partial charge in [0.25, 0.3) is 0 Å². The van der Waals surface area contributed by atoms with Crippen molar-refractivity contribution in [1.29, 1.82) is 0 Å². The molecule has 0 saturated heterocycles. The molecule has 0 spiro atoms. The van der Waals surface area contributed by atoms with Crippen LogP contribution in [0.25, 0.3) is 10.6 Å². The van der Waals surface area contributed by atoms with E-state index in [-0.39, 0.29) is 4.88 Å². The van der Waals surface area contributed by atoms with E-state index in [2.05, 4.69) is 4.98 Å². The third-order valence-corrected chi connectivity index (χ3v) is 4.85. The van der Waals surface area contributed by atoms with Crippen molar-refractivity contribution in [3.63, 3.8) is 0 Å². The number of nitrogens with zero attached hydrogens (tertiary/aromatic N) is 1. The highest BCUT2D eigenvalue weighted by Gasteiger charge is 2.14. The second-order valence-corrected chi connectivity index (χ2v) is 6.40. The molecular weight excluding hydrogens is 338 g/mol. The Morgan fingerprint density at radius 2 is 1.72 bits per heavy atom. The van der Waals surface area contributed by atoms with Crippen molar-refractivity contribution >= 4 is 17.3 Å². The predicted molar refractivity (Wildman–Crippen MR) is 96.6 cm³/mol. The van der Waals surface area contributed by atoms with Crippen molar-refractivity contribution < 1.29 is 19.4 Å². The fraction of sp³-hybridized carbons (Fsp3) is 0.158. The maximum atomic E-state index is 11.1. The second-order valence-electron chi connectivity index (χ2n) is 5.40. The smallest absolute Gasteiger partial charge is 0.347 e. The van der Waals surface area contributed by atoms with Gasteiger partial charge in [0.2, 0.25) is 0 Å². The van der Waals surface area contributed by atoms with Crippen molar-refractivity contribution in [1.82, 2.24) is 4.98 Å². The lowest BCUT2D eigenvalue weighted by Crippen LogP contribution is -1.95. The van der Waals surface area contributed by atoms with Gasteiger partial charge in [-0.15, -0.1) is 11.3 Å². The molecule has 0 saturated carbocycles. The number of aromatic carboxylic acids is 1. The van der Waals surface area contributed by atoms with Crippen molar-refractivity contribution in [2.75, 3.05) is 7.11 Å². The van der Waals surface area contributed by atoms with Gasteiger partial charge in [-0.3, -0.25) is 0 Å². The Balaban J connectivity index is 1.67. The largest absolute Gasteiger partial charge is 0.497 e. The molecule has 2 aromatic carbocycles. The van der Waals surface area contributed by atoms with Crippen LogP contribution in [0.5, 0.6) is 11.5 Å². The highest BCUT2D eigenvalue weighted by Crippen LogP contribution is 2.28. The number of thiazole rings is 1. The number of carboxylic acids is 1. The molecule has 0 atom stereocenters. The summed E-state index contributed by atoms with van der Waals surface area (Å²) in [4.78, 5) is 15.7. The lowest BCUT2D eigenvalue weighted by Gasteiger charge is -2.07. The molecule has 5 nitrogen and oxygen atoms in total. The predicted octanol–water partition coefficient (Wildman–Crippen LogP) is 4.40. The second kappa shape index (κ2) is 7.36. The van der Waals surface area contributed by atoms with Crippen molar-refractivity contribution in [3.05, 3.63) is 64.7 Å². The average Bonchev–Trinajstić information content (AvgIpc) is 3.03. The average molecular weight is 355 g/mol. The molecule has 128 valence electrons. The number of aromatic nitrogens is 1. The van der Waals surface area contributed by atoms with Gasteiger partial charge < -0.3 is 14.6 Å². The first-order valence-electron chi connectivity index (χ1n) is 7.63. The molecule has 0 amide bonds. The summed E-state index contributed by atoms with van der Waals surface area (Å²) in [5.74, 6) is 0.619. The summed E-state index contributed by atoms with van der Waals surface area (Å²) in [7, 11) is 1.63. The number of rotatable bonds is 6. The maximum absolute atomic E-state index is 11.1. The van der Waals surface area contributed by atoms with Gasteiger partial charge in [-0.1, -0.05) is 24.3 Å². The summed E-state index contributed by atoms with van der Waals surface area (Å²) in [5, 5.41) is 9.83. The normalized spacial score (nSPS) is 10.5. The highest BCUT2D eigenvalue weighted by molar-refractivity contribution is 7.17. The minimum Gasteiger partial charge on any atom is -0.497 e. The van der Waals surface area contributed by atoms with E-state index in [9.17, 15) is 4.79 Å². The molecule has 1 aromatic heterocycles. The minimum absolute atomic E-state index is 0.280. The summed E-state index contributed by atoms with van der Waals surface area (Å²) in [6.45, 7) is 2.16. The zero-order valence-electron chi connectivity index (χ0n) is 13.9. The van der Waals surface area contributed by atoms with Crippen LogP contribution in [0.15, 0.2) is 48.5 Å². The third-order valence-electron chi connectivity index (χ3n) is 3.66. The zero-order valence-corrected chi connectivity index (χ0v) is 14.7. The van der Waals surface area contributed by atoms with Crippen LogP contribution in [0.2, 0.25) is 0 Å². The van der Waals surface area contributed by atoms with Gasteiger partial charge in [-0.2, -0.15) is 0 Å². The number of benzene rings is 2. The summed E-state index contributed by atoms with van der Waals surface area (Å²) < 4.78 is 10.9. The van der Waals surface area contributed by atoms with E-state index < -0.39 is 5.97 Å². The van der Waals surface area contributed by atoms with Crippen LogP contribution in [0.4, 0.5) is 0 Å². The molecule has 3 aromatic rings. The number of ether oxygens (including phenoxy) is 2. The summed E-state index contributed by atoms with van der Waals surface area (Å²) in [6, 6.07) is 15.2. The number of methoxy groups -OCH3 is 1. The summed E-state index contributed by atoms with van der Waals surface area (Å²) in [6.07, 6.45) is 0. The van der Waals surface area contributed by atoms with E-state index in [1.807, 2.05) is 48.5 Å². The van der Waals surface area contributed by atoms with Gasteiger partial charge in [0, 0.05) is 5.56 Å². The first-order chi connectivity index (χ1) is 12.1. The van der Waals surface area contributed by atoms with Crippen LogP contribution in [0.1, 0.15) is 20.9 Å². The Kier molecular flexibility index (Phi) is 5.00. The van der Waals surface area contributed by atoms with Gasteiger partial charge in [0.1, 0.15) is 28.0 Å². The molecule has 0 aliphatic rings. The Labute approximate surface area is 149 Å². The first kappa shape index (κ1) is 17.0. The number of carbonyl (C=O) groups is 1. The zero-order chi connectivity index (χ0) is 17.8. The quantitative estimate of drug-likeness (QED) is 0.709. The highest BCUT2D eigenvalue weighted by atomic mass is 32.1. The number of hydrogen-bond acceptors (Lipinski definition) is 5. The van der Waals surface area contributed by atoms with Crippen LogP contribution in [0.3, 0.4) is 0 Å². The van der Waals surface area contributed by atoms with E-state index in [1.54, 1.807) is 14.0 Å². The van der Waals surface area contributed by atoms with E-state index in [1.165, 1.54) is 11.3 Å². The SMILES string of the molecule is COc1ccc(OCc2ccc(-c3nc(C)c(C(=O)O)s3)cc2)cc1. The monoisotopic (exact) mass is 355 g/mol. The summed E-state index contributed by atoms with van der Waals surface area (Å²) >= 11 is 1.19. The molecule has 0 aliphatic heterocycles. The van der Waals surface area contributed by atoms with E-state index in [0.717, 1.165) is 22.6 Å². The molecular formula is C19H17NO4S. The number of aryl methyl sites for hydroxylation is 1. The van der Waals surface area contributed by atoms with Crippen LogP contribution < -0.4 is 9.47 Å². The van der Waals surface area contributed by atoms with Gasteiger partial charge in [-0.25, -0.2) is 9.78 Å². The molecule has 0 radical (unpaired) electrons. The van der Waals surface area contributed by atoms with Gasteiger partial charge >= 0.3 is 5.97 Å². The van der Waals surface area contributed by atoms with E-state index >= 15 is 0 Å². The lowest BCUT2D eigenvalue weighted by molar-refractivity contribution is 0.0701. The lowest BCUT2D eigenvalue weighted by atomic mass is 10.1. The molecule has 6 heteroatoms. The fourth-order valence-electron chi connectivity index (χ4n) is 2.30. The van der Waals surface area contributed by atoms with Crippen molar-refractivity contribution in [2.24, 2.45) is 0 Å². The molecule has 3 rings (SSSR count). The number of hydrogen-bond donors (Lipinski definition) is 1. The molecule has 25 heavy (non-hydrogen) atoms. The van der Waals surface area contributed by atoms with Crippen LogP contribution >= 0.6 is 11.3 Å². The van der Waals surface area contributed by atoms with E-state index in [4.69, 9.17) is 14.6 Å². The fourth-order valence-corrected chi connectivity index (χ4v) is 3.21. The van der Waals surface area contributed by atoms with Crippen LogP contribution in [0, 0.1) is 6.92 Å². The maximum Gasteiger partial charge on any atom is 0.347 e. The van der Waals surface area contributed by atoms with Crippen molar-refractivity contribution in [2.45, 2.75) is 13.5 Å². The molecule has 1 heterocycles. The molecule has 1 N–H and O–H groups in total. The molecule has 0 unspecified atom stereocenters. The van der Waals surface area contributed by atoms with Crippen LogP contribution in [-0.2, 0) is 6.61 Å². The number of carboxylic acid groups (broad SMARTS) is 1. The topological polar surface area (TPSA) is 68.7 Å². The van der Waals surface area contributed by atoms with Gasteiger partial charge in [0.15, 0.2) is 0 Å². The molecule has 0 aliphatic carbocycles. The van der Waals surface area contributed by atoms with Crippen molar-refractivity contribution in [3.8, 4) is 22.1 Å². The Bertz CT molecular complexity index is 869. The minimum atomic E-state index is -0.939. The Hall–Kier alpha value is -2.86. The Morgan fingerprint density at radius 3 is 2.28 bits per heavy atom. The van der Waals surface area contributed by atoms with Gasteiger partial charge in [0.05, 0.1) is 12.8 Å². The molecule has 0 fully saturated rings. The Morgan fingerprint density at radius 1 is 1.08 bits per heavy atom. The standard InChI is InChI=1S/C19H17NO4S/c1-12-17(19(21)22)25-18(20-12)14-5-3-13(4-6-14)11-24-16-9-7-15(23-2)8-10-16/h3-10H,11H2,1-2H3,(H,21,22). The molecule has 0 bridgehead atoms. The third kappa shape index (κ3) is 3.97.